The molecule has 3 aromatic heterocycles. The van der Waals surface area contributed by atoms with Crippen molar-refractivity contribution >= 4 is 40.5 Å². The average Bonchev–Trinajstić information content (AvgIpc) is 3.90. The van der Waals surface area contributed by atoms with Gasteiger partial charge in [0.25, 0.3) is 0 Å². The fourth-order valence-electron chi connectivity index (χ4n) is 5.89. The maximum absolute atomic E-state index is 12.9. The second-order valence-corrected chi connectivity index (χ2v) is 12.2. The minimum atomic E-state index is -0.0735. The number of aromatic nitrogens is 4. The van der Waals surface area contributed by atoms with Gasteiger partial charge in [-0.3, -0.25) is 4.79 Å². The largest absolute Gasteiger partial charge is 0.379 e. The van der Waals surface area contributed by atoms with Crippen molar-refractivity contribution in [1.29, 1.82) is 0 Å². The van der Waals surface area contributed by atoms with Crippen LogP contribution in [0.1, 0.15) is 60.8 Å². The van der Waals surface area contributed by atoms with E-state index in [2.05, 4.69) is 60.7 Å². The van der Waals surface area contributed by atoms with E-state index < -0.39 is 0 Å². The van der Waals surface area contributed by atoms with Crippen molar-refractivity contribution < 1.29 is 4.79 Å². The van der Waals surface area contributed by atoms with Crippen molar-refractivity contribution in [1.82, 2.24) is 24.3 Å². The van der Waals surface area contributed by atoms with E-state index in [4.69, 9.17) is 16.6 Å². The number of anilines is 3. The van der Waals surface area contributed by atoms with Crippen LogP contribution in [0.4, 0.5) is 17.3 Å². The van der Waals surface area contributed by atoms with E-state index >= 15 is 0 Å². The Bertz CT molecular complexity index is 1580. The molecule has 1 saturated heterocycles. The van der Waals surface area contributed by atoms with E-state index in [1.54, 1.807) is 6.07 Å². The van der Waals surface area contributed by atoms with Gasteiger partial charge in [0.05, 0.1) is 17.9 Å². The number of fused-ring (bicyclic) bond motifs is 1. The van der Waals surface area contributed by atoms with Gasteiger partial charge in [-0.1, -0.05) is 23.7 Å². The van der Waals surface area contributed by atoms with E-state index in [1.807, 2.05) is 24.3 Å². The Hall–Kier alpha value is -3.69. The number of hydrogen-bond acceptors (Lipinski definition) is 7. The minimum Gasteiger partial charge on any atom is -0.379 e. The van der Waals surface area contributed by atoms with Crippen LogP contribution in [-0.2, 0) is 11.3 Å². The second kappa shape index (κ2) is 10.9. The van der Waals surface area contributed by atoms with Gasteiger partial charge in [-0.25, -0.2) is 15.0 Å². The summed E-state index contributed by atoms with van der Waals surface area (Å²) in [6.45, 7) is 2.74. The molecule has 0 bridgehead atoms. The van der Waals surface area contributed by atoms with Gasteiger partial charge in [-0.05, 0) is 93.4 Å². The van der Waals surface area contributed by atoms with Gasteiger partial charge in [0.2, 0.25) is 5.91 Å². The number of carbonyl (C=O) groups is 1. The Balaban J connectivity index is 1.01. The molecule has 7 rings (SSSR count). The fraction of sp³-hybridized carbons (Fsp3) is 0.419. The maximum atomic E-state index is 12.9. The first-order chi connectivity index (χ1) is 20.0. The van der Waals surface area contributed by atoms with Crippen LogP contribution in [-0.4, -0.2) is 56.3 Å². The highest BCUT2D eigenvalue weighted by molar-refractivity contribution is 6.30. The molecule has 212 valence electrons. The number of amides is 1. The van der Waals surface area contributed by atoms with Crippen LogP contribution in [0.2, 0.25) is 5.02 Å². The normalized spacial score (nSPS) is 21.1. The molecule has 0 radical (unpaired) electrons. The summed E-state index contributed by atoms with van der Waals surface area (Å²) in [7, 11) is 2.19. The zero-order valence-electron chi connectivity index (χ0n) is 23.2. The summed E-state index contributed by atoms with van der Waals surface area (Å²) in [6, 6.07) is 12.3. The van der Waals surface area contributed by atoms with Crippen molar-refractivity contribution in [3.05, 3.63) is 77.0 Å². The smallest absolute Gasteiger partial charge is 0.229 e. The first kappa shape index (κ1) is 26.2. The highest BCUT2D eigenvalue weighted by Gasteiger charge is 2.44. The van der Waals surface area contributed by atoms with Crippen LogP contribution in [0.25, 0.3) is 5.65 Å². The lowest BCUT2D eigenvalue weighted by atomic mass is 10.0. The molecule has 3 fully saturated rings. The number of likely N-dealkylation sites (tertiary alicyclic amines) is 1. The second-order valence-electron chi connectivity index (χ2n) is 11.8. The zero-order valence-corrected chi connectivity index (χ0v) is 23.9. The van der Waals surface area contributed by atoms with Gasteiger partial charge in [0.15, 0.2) is 5.65 Å². The Morgan fingerprint density at radius 3 is 2.66 bits per heavy atom. The number of nitrogens with one attached hydrogen (secondary N) is 3. The lowest BCUT2D eigenvalue weighted by Crippen LogP contribution is -2.36. The molecule has 2 atom stereocenters. The van der Waals surface area contributed by atoms with Crippen molar-refractivity contribution in [3.8, 4) is 0 Å². The van der Waals surface area contributed by atoms with Crippen LogP contribution in [0.15, 0.2) is 55.1 Å². The SMILES string of the molecule is CN1CCC(Nc2cc(C3CC3)cn3cc(CNc4cc(NC(=O)[C@H]5C[C@@H]5c5cccc(Cl)c5)ncn4)nc23)CC1. The molecule has 1 amide bonds. The number of benzene rings is 1. The summed E-state index contributed by atoms with van der Waals surface area (Å²) in [5, 5.41) is 10.8. The number of carbonyl (C=O) groups excluding carboxylic acids is 1. The maximum Gasteiger partial charge on any atom is 0.229 e. The molecule has 4 heterocycles. The van der Waals surface area contributed by atoms with Gasteiger partial charge in [-0.15, -0.1) is 0 Å². The molecule has 1 aliphatic heterocycles. The topological polar surface area (TPSA) is 99.5 Å². The van der Waals surface area contributed by atoms with Gasteiger partial charge in [-0.2, -0.15) is 0 Å². The summed E-state index contributed by atoms with van der Waals surface area (Å²) in [5.74, 6) is 1.87. The van der Waals surface area contributed by atoms with Crippen LogP contribution in [0, 0.1) is 5.92 Å². The molecule has 10 heteroatoms. The predicted octanol–water partition coefficient (Wildman–Crippen LogP) is 5.52. The van der Waals surface area contributed by atoms with Gasteiger partial charge in [0, 0.05) is 35.4 Å². The van der Waals surface area contributed by atoms with E-state index in [0.29, 0.717) is 35.2 Å². The summed E-state index contributed by atoms with van der Waals surface area (Å²) in [4.78, 5) is 28.8. The zero-order chi connectivity index (χ0) is 27.9. The Morgan fingerprint density at radius 1 is 1.02 bits per heavy atom. The van der Waals surface area contributed by atoms with Crippen molar-refractivity contribution in [2.75, 3.05) is 36.1 Å². The van der Waals surface area contributed by atoms with Crippen molar-refractivity contribution in [2.45, 2.75) is 56.5 Å². The van der Waals surface area contributed by atoms with Crippen molar-refractivity contribution in [3.63, 3.8) is 0 Å². The van der Waals surface area contributed by atoms with Gasteiger partial charge >= 0.3 is 0 Å². The van der Waals surface area contributed by atoms with E-state index in [0.717, 1.165) is 54.9 Å². The molecule has 9 nitrogen and oxygen atoms in total. The Labute approximate surface area is 244 Å². The number of piperidine rings is 1. The number of nitrogens with zero attached hydrogens (tertiary/aromatic N) is 5. The molecule has 41 heavy (non-hydrogen) atoms. The average molecular weight is 571 g/mol. The fourth-order valence-corrected chi connectivity index (χ4v) is 6.09. The number of rotatable bonds is 9. The van der Waals surface area contributed by atoms with Crippen LogP contribution < -0.4 is 16.0 Å². The van der Waals surface area contributed by atoms with Crippen molar-refractivity contribution in [2.24, 2.45) is 5.92 Å². The third kappa shape index (κ3) is 6.01. The first-order valence-electron chi connectivity index (χ1n) is 14.6. The highest BCUT2D eigenvalue weighted by Crippen LogP contribution is 2.48. The Morgan fingerprint density at radius 2 is 1.85 bits per heavy atom. The van der Waals surface area contributed by atoms with E-state index in [9.17, 15) is 4.79 Å². The third-order valence-electron chi connectivity index (χ3n) is 8.52. The molecule has 1 aromatic carbocycles. The standard InChI is InChI=1S/C31H35ClN8O/c1-39-9-7-23(8-10-39)36-27-12-21(19-5-6-19)16-40-17-24(37-30(27)40)15-33-28-14-29(35-18-34-28)38-31(41)26-13-25(26)20-3-2-4-22(32)11-20/h2-4,11-12,14,16-19,23,25-26,36H,5-10,13,15H2,1H3,(H2,33,34,35,38,41)/t25-,26+/m1/s1. The minimum absolute atomic E-state index is 0.0314. The summed E-state index contributed by atoms with van der Waals surface area (Å²) >= 11 is 6.13. The van der Waals surface area contributed by atoms with Crippen LogP contribution in [0.3, 0.4) is 0 Å². The highest BCUT2D eigenvalue weighted by atomic mass is 35.5. The number of halogens is 1. The van der Waals surface area contributed by atoms with E-state index in [-0.39, 0.29) is 17.7 Å². The molecule has 2 saturated carbocycles. The van der Waals surface area contributed by atoms with Crippen LogP contribution in [0.5, 0.6) is 0 Å². The monoisotopic (exact) mass is 570 g/mol. The van der Waals surface area contributed by atoms with Gasteiger partial charge in [0.1, 0.15) is 18.0 Å². The van der Waals surface area contributed by atoms with Gasteiger partial charge < -0.3 is 25.3 Å². The number of hydrogen-bond donors (Lipinski definition) is 3. The van der Waals surface area contributed by atoms with E-state index in [1.165, 1.54) is 24.7 Å². The molecule has 3 aliphatic rings. The summed E-state index contributed by atoms with van der Waals surface area (Å²) < 4.78 is 2.17. The molecule has 0 spiro atoms. The van der Waals surface area contributed by atoms with Crippen LogP contribution >= 0.6 is 11.6 Å². The molecule has 4 aromatic rings. The quantitative estimate of drug-likeness (QED) is 0.244. The molecular weight excluding hydrogens is 536 g/mol. The number of pyridine rings is 1. The molecule has 0 unspecified atom stereocenters. The summed E-state index contributed by atoms with van der Waals surface area (Å²) in [5.41, 5.74) is 5.49. The number of imidazole rings is 1. The molecule has 3 N–H and O–H groups in total. The lowest BCUT2D eigenvalue weighted by Gasteiger charge is -2.30. The first-order valence-corrected chi connectivity index (χ1v) is 14.9. The lowest BCUT2D eigenvalue weighted by molar-refractivity contribution is -0.117. The Kier molecular flexibility index (Phi) is 7.00. The molecule has 2 aliphatic carbocycles. The third-order valence-corrected chi connectivity index (χ3v) is 8.76. The molecular formula is C31H35ClN8O. The summed E-state index contributed by atoms with van der Waals surface area (Å²) in [6.07, 6.45) is 11.4. The predicted molar refractivity (Wildman–Crippen MR) is 162 cm³/mol.